The maximum atomic E-state index is 12.0. The number of aromatic hydroxyl groups is 1. The number of morpholine rings is 1. The predicted molar refractivity (Wildman–Crippen MR) is 83.5 cm³/mol. The SMILES string of the molecule is O=C1N=C(N2CCOCC2)SC1=Cc1cc(Cl)ccc1O. The van der Waals surface area contributed by atoms with Gasteiger partial charge < -0.3 is 14.7 Å². The Morgan fingerprint density at radius 1 is 1.38 bits per heavy atom. The number of benzene rings is 1. The van der Waals surface area contributed by atoms with Crippen molar-refractivity contribution >= 4 is 40.5 Å². The second-order valence-electron chi connectivity index (χ2n) is 4.61. The largest absolute Gasteiger partial charge is 0.507 e. The number of aliphatic imine (C=N–C) groups is 1. The molecule has 0 aliphatic carbocycles. The molecular weight excluding hydrogens is 312 g/mol. The number of hydrogen-bond donors (Lipinski definition) is 1. The molecule has 0 radical (unpaired) electrons. The molecule has 0 saturated carbocycles. The zero-order chi connectivity index (χ0) is 14.8. The summed E-state index contributed by atoms with van der Waals surface area (Å²) in [6, 6.07) is 4.71. The molecule has 0 unspecified atom stereocenters. The first-order valence-corrected chi connectivity index (χ1v) is 7.67. The summed E-state index contributed by atoms with van der Waals surface area (Å²) in [6.45, 7) is 2.74. The molecule has 0 aromatic heterocycles. The van der Waals surface area contributed by atoms with Gasteiger partial charge in [0.05, 0.1) is 18.1 Å². The van der Waals surface area contributed by atoms with Gasteiger partial charge in [-0.25, -0.2) is 0 Å². The number of ether oxygens (including phenoxy) is 1. The van der Waals surface area contributed by atoms with Gasteiger partial charge in [-0.2, -0.15) is 4.99 Å². The van der Waals surface area contributed by atoms with E-state index in [2.05, 4.69) is 4.99 Å². The van der Waals surface area contributed by atoms with Crippen molar-refractivity contribution < 1.29 is 14.6 Å². The van der Waals surface area contributed by atoms with Crippen LogP contribution in [0.3, 0.4) is 0 Å². The summed E-state index contributed by atoms with van der Waals surface area (Å²) in [7, 11) is 0. The first kappa shape index (κ1) is 14.4. The van der Waals surface area contributed by atoms with E-state index in [-0.39, 0.29) is 11.7 Å². The molecular formula is C14H13ClN2O3S. The maximum Gasteiger partial charge on any atom is 0.286 e. The van der Waals surface area contributed by atoms with Gasteiger partial charge >= 0.3 is 0 Å². The van der Waals surface area contributed by atoms with Crippen LogP contribution in [0.5, 0.6) is 5.75 Å². The first-order valence-electron chi connectivity index (χ1n) is 6.47. The highest BCUT2D eigenvalue weighted by molar-refractivity contribution is 8.18. The average Bonchev–Trinajstić information content (AvgIpc) is 2.85. The van der Waals surface area contributed by atoms with Crippen molar-refractivity contribution in [2.75, 3.05) is 26.3 Å². The van der Waals surface area contributed by atoms with Crippen molar-refractivity contribution in [2.24, 2.45) is 4.99 Å². The number of phenolic OH excluding ortho intramolecular Hbond substituents is 1. The zero-order valence-corrected chi connectivity index (χ0v) is 12.7. The molecule has 1 aromatic rings. The molecule has 1 amide bonds. The monoisotopic (exact) mass is 324 g/mol. The highest BCUT2D eigenvalue weighted by Crippen LogP contribution is 2.33. The van der Waals surface area contributed by atoms with Gasteiger partial charge in [-0.3, -0.25) is 4.79 Å². The number of phenols is 1. The summed E-state index contributed by atoms with van der Waals surface area (Å²) in [5.74, 6) is -0.207. The summed E-state index contributed by atoms with van der Waals surface area (Å²) in [6.07, 6.45) is 1.62. The number of amidine groups is 1. The van der Waals surface area contributed by atoms with E-state index in [1.54, 1.807) is 18.2 Å². The standard InChI is InChI=1S/C14H13ClN2O3S/c15-10-1-2-11(18)9(7-10)8-12-13(19)16-14(21-12)17-3-5-20-6-4-17/h1-2,7-8,18H,3-6H2. The highest BCUT2D eigenvalue weighted by atomic mass is 35.5. The lowest BCUT2D eigenvalue weighted by atomic mass is 10.2. The van der Waals surface area contributed by atoms with E-state index in [0.717, 1.165) is 13.1 Å². The molecule has 1 fully saturated rings. The fourth-order valence-electron chi connectivity index (χ4n) is 2.07. The zero-order valence-electron chi connectivity index (χ0n) is 11.1. The first-order chi connectivity index (χ1) is 10.1. The van der Waals surface area contributed by atoms with Gasteiger partial charge in [0.1, 0.15) is 5.75 Å². The summed E-state index contributed by atoms with van der Waals surface area (Å²) >= 11 is 7.22. The lowest BCUT2D eigenvalue weighted by Crippen LogP contribution is -2.38. The second-order valence-corrected chi connectivity index (χ2v) is 6.06. The van der Waals surface area contributed by atoms with Crippen LogP contribution >= 0.6 is 23.4 Å². The number of carbonyl (C=O) groups excluding carboxylic acids is 1. The van der Waals surface area contributed by atoms with E-state index in [4.69, 9.17) is 16.3 Å². The van der Waals surface area contributed by atoms with Crippen LogP contribution < -0.4 is 0 Å². The molecule has 0 bridgehead atoms. The van der Waals surface area contributed by atoms with Crippen molar-refractivity contribution in [3.05, 3.63) is 33.7 Å². The van der Waals surface area contributed by atoms with E-state index in [9.17, 15) is 9.90 Å². The Morgan fingerprint density at radius 2 is 2.14 bits per heavy atom. The number of hydrogen-bond acceptors (Lipinski definition) is 5. The number of amides is 1. The molecule has 2 aliphatic rings. The highest BCUT2D eigenvalue weighted by Gasteiger charge is 2.27. The third-order valence-electron chi connectivity index (χ3n) is 3.17. The van der Waals surface area contributed by atoms with E-state index in [1.807, 2.05) is 4.90 Å². The van der Waals surface area contributed by atoms with Crippen molar-refractivity contribution in [1.29, 1.82) is 0 Å². The minimum Gasteiger partial charge on any atom is -0.507 e. The Morgan fingerprint density at radius 3 is 2.90 bits per heavy atom. The van der Waals surface area contributed by atoms with E-state index < -0.39 is 0 Å². The normalized spacial score (nSPS) is 21.0. The Balaban J connectivity index is 1.80. The number of thioether (sulfide) groups is 1. The number of rotatable bonds is 1. The molecule has 0 spiro atoms. The lowest BCUT2D eigenvalue weighted by molar-refractivity contribution is -0.113. The molecule has 0 atom stereocenters. The Hall–Kier alpha value is -1.50. The molecule has 1 N–H and O–H groups in total. The van der Waals surface area contributed by atoms with Gasteiger partial charge in [0, 0.05) is 23.7 Å². The minimum absolute atomic E-state index is 0.0834. The van der Waals surface area contributed by atoms with Crippen LogP contribution in [0.25, 0.3) is 6.08 Å². The molecule has 2 aliphatic heterocycles. The van der Waals surface area contributed by atoms with E-state index in [1.165, 1.54) is 17.8 Å². The van der Waals surface area contributed by atoms with Crippen LogP contribution in [-0.4, -0.2) is 47.4 Å². The van der Waals surface area contributed by atoms with Gasteiger partial charge in [0.25, 0.3) is 5.91 Å². The summed E-state index contributed by atoms with van der Waals surface area (Å²) < 4.78 is 5.28. The van der Waals surface area contributed by atoms with Crippen LogP contribution in [0.1, 0.15) is 5.56 Å². The quantitative estimate of drug-likeness (QED) is 0.803. The third-order valence-corrected chi connectivity index (χ3v) is 4.45. The third kappa shape index (κ3) is 3.23. The molecule has 7 heteroatoms. The summed E-state index contributed by atoms with van der Waals surface area (Å²) in [5.41, 5.74) is 0.511. The van der Waals surface area contributed by atoms with Crippen molar-refractivity contribution in [1.82, 2.24) is 4.90 Å². The smallest absolute Gasteiger partial charge is 0.286 e. The summed E-state index contributed by atoms with van der Waals surface area (Å²) in [4.78, 5) is 18.6. The predicted octanol–water partition coefficient (Wildman–Crippen LogP) is 2.35. The van der Waals surface area contributed by atoms with Gasteiger partial charge in [-0.05, 0) is 36.0 Å². The van der Waals surface area contributed by atoms with Crippen LogP contribution in [0.4, 0.5) is 0 Å². The Bertz CT molecular complexity index is 639. The van der Waals surface area contributed by atoms with Crippen molar-refractivity contribution in [3.8, 4) is 5.75 Å². The molecule has 110 valence electrons. The fourth-order valence-corrected chi connectivity index (χ4v) is 3.21. The van der Waals surface area contributed by atoms with E-state index in [0.29, 0.717) is 33.9 Å². The number of halogens is 1. The topological polar surface area (TPSA) is 62.1 Å². The maximum absolute atomic E-state index is 12.0. The number of carbonyl (C=O) groups is 1. The fraction of sp³-hybridized carbons (Fsp3) is 0.286. The second kappa shape index (κ2) is 6.09. The van der Waals surface area contributed by atoms with Crippen molar-refractivity contribution in [3.63, 3.8) is 0 Å². The Kier molecular flexibility index (Phi) is 4.19. The van der Waals surface area contributed by atoms with Gasteiger partial charge in [-0.15, -0.1) is 0 Å². The molecule has 5 nitrogen and oxygen atoms in total. The molecule has 1 aromatic carbocycles. The summed E-state index contributed by atoms with van der Waals surface area (Å²) in [5, 5.41) is 11.0. The molecule has 3 rings (SSSR count). The Labute approximate surface area is 131 Å². The number of nitrogens with zero attached hydrogens (tertiary/aromatic N) is 2. The minimum atomic E-state index is -0.291. The van der Waals surface area contributed by atoms with Crippen LogP contribution in [0.2, 0.25) is 5.02 Å². The van der Waals surface area contributed by atoms with Gasteiger partial charge in [0.15, 0.2) is 5.17 Å². The molecule has 2 heterocycles. The van der Waals surface area contributed by atoms with Gasteiger partial charge in [0.2, 0.25) is 0 Å². The average molecular weight is 325 g/mol. The van der Waals surface area contributed by atoms with Crippen LogP contribution in [-0.2, 0) is 9.53 Å². The lowest BCUT2D eigenvalue weighted by Gasteiger charge is -2.27. The molecule has 1 saturated heterocycles. The van der Waals surface area contributed by atoms with Crippen LogP contribution in [0, 0.1) is 0 Å². The molecule has 21 heavy (non-hydrogen) atoms. The van der Waals surface area contributed by atoms with E-state index >= 15 is 0 Å². The van der Waals surface area contributed by atoms with Crippen molar-refractivity contribution in [2.45, 2.75) is 0 Å². The van der Waals surface area contributed by atoms with Crippen LogP contribution in [0.15, 0.2) is 28.1 Å². The van der Waals surface area contributed by atoms with Gasteiger partial charge in [-0.1, -0.05) is 11.6 Å².